The van der Waals surface area contributed by atoms with Crippen molar-refractivity contribution >= 4 is 5.96 Å². The van der Waals surface area contributed by atoms with Gasteiger partial charge in [0, 0.05) is 26.3 Å². The van der Waals surface area contributed by atoms with Crippen LogP contribution in [0, 0.1) is 5.92 Å². The van der Waals surface area contributed by atoms with Crippen molar-refractivity contribution in [2.24, 2.45) is 10.9 Å². The van der Waals surface area contributed by atoms with E-state index in [9.17, 15) is 0 Å². The molecule has 0 fully saturated rings. The van der Waals surface area contributed by atoms with E-state index in [-0.39, 0.29) is 0 Å². The number of ether oxygens (including phenoxy) is 1. The molecule has 5 heteroatoms. The van der Waals surface area contributed by atoms with Crippen molar-refractivity contribution in [2.75, 3.05) is 13.6 Å². The highest BCUT2D eigenvalue weighted by Crippen LogP contribution is 2.13. The van der Waals surface area contributed by atoms with Crippen LogP contribution in [-0.4, -0.2) is 24.5 Å². The van der Waals surface area contributed by atoms with E-state index in [1.54, 1.807) is 13.2 Å². The molecule has 134 valence electrons. The van der Waals surface area contributed by atoms with Crippen LogP contribution in [-0.2, 0) is 13.2 Å². The number of aliphatic imine (C=N–C) groups is 1. The summed E-state index contributed by atoms with van der Waals surface area (Å²) in [4.78, 5) is 8.49. The van der Waals surface area contributed by atoms with Gasteiger partial charge in [0.1, 0.15) is 12.4 Å². The van der Waals surface area contributed by atoms with Crippen molar-refractivity contribution in [1.29, 1.82) is 0 Å². The molecule has 2 N–H and O–H groups in total. The van der Waals surface area contributed by atoms with Crippen molar-refractivity contribution in [3.05, 3.63) is 59.9 Å². The highest BCUT2D eigenvalue weighted by molar-refractivity contribution is 5.79. The van der Waals surface area contributed by atoms with Crippen molar-refractivity contribution in [3.63, 3.8) is 0 Å². The van der Waals surface area contributed by atoms with Gasteiger partial charge in [0.15, 0.2) is 5.96 Å². The van der Waals surface area contributed by atoms with Gasteiger partial charge in [-0.25, -0.2) is 0 Å². The Balaban J connectivity index is 1.75. The van der Waals surface area contributed by atoms with Crippen LogP contribution >= 0.6 is 0 Å². The lowest BCUT2D eigenvalue weighted by molar-refractivity contribution is 0.301. The molecule has 0 saturated heterocycles. The Morgan fingerprint density at radius 3 is 2.56 bits per heavy atom. The minimum absolute atomic E-state index is 0.477. The molecule has 1 aromatic carbocycles. The van der Waals surface area contributed by atoms with Gasteiger partial charge < -0.3 is 15.4 Å². The number of nitrogens with one attached hydrogen (secondary N) is 2. The van der Waals surface area contributed by atoms with Gasteiger partial charge in [-0.05, 0) is 42.2 Å². The van der Waals surface area contributed by atoms with E-state index in [1.807, 2.05) is 30.3 Å². The second kappa shape index (κ2) is 10.3. The van der Waals surface area contributed by atoms with Gasteiger partial charge in [-0.15, -0.1) is 0 Å². The Kier molecular flexibility index (Phi) is 7.76. The summed E-state index contributed by atoms with van der Waals surface area (Å²) in [6.45, 7) is 6.56. The SMILES string of the molecule is CN=C(NCCC(C)C)NCc1ccc(OCc2ccccn2)cc1. The van der Waals surface area contributed by atoms with Crippen molar-refractivity contribution in [1.82, 2.24) is 15.6 Å². The molecule has 0 bridgehead atoms. The van der Waals surface area contributed by atoms with Crippen LogP contribution in [0.5, 0.6) is 5.75 Å². The van der Waals surface area contributed by atoms with Crippen molar-refractivity contribution in [3.8, 4) is 5.75 Å². The van der Waals surface area contributed by atoms with Gasteiger partial charge in [0.25, 0.3) is 0 Å². The Bertz CT molecular complexity index is 639. The van der Waals surface area contributed by atoms with Gasteiger partial charge in [-0.2, -0.15) is 0 Å². The fourth-order valence-electron chi connectivity index (χ4n) is 2.23. The molecule has 0 amide bonds. The third-order valence-corrected chi connectivity index (χ3v) is 3.73. The highest BCUT2D eigenvalue weighted by atomic mass is 16.5. The van der Waals surface area contributed by atoms with Gasteiger partial charge in [-0.3, -0.25) is 9.98 Å². The molecule has 0 spiro atoms. The standard InChI is InChI=1S/C20H28N4O/c1-16(2)11-13-23-20(21-3)24-14-17-7-9-19(10-8-17)25-15-18-6-4-5-12-22-18/h4-10,12,16H,11,13-15H2,1-3H3,(H2,21,23,24). The molecular formula is C20H28N4O. The Morgan fingerprint density at radius 1 is 1.12 bits per heavy atom. The normalized spacial score (nSPS) is 11.4. The molecule has 0 atom stereocenters. The van der Waals surface area contributed by atoms with Crippen LogP contribution < -0.4 is 15.4 Å². The predicted octanol–water partition coefficient (Wildman–Crippen LogP) is 3.37. The number of benzene rings is 1. The van der Waals surface area contributed by atoms with E-state index < -0.39 is 0 Å². The van der Waals surface area contributed by atoms with Gasteiger partial charge in [0.2, 0.25) is 0 Å². The maximum Gasteiger partial charge on any atom is 0.191 e. The number of nitrogens with zero attached hydrogens (tertiary/aromatic N) is 2. The van der Waals surface area contributed by atoms with E-state index in [2.05, 4.69) is 46.6 Å². The number of guanidine groups is 1. The lowest BCUT2D eigenvalue weighted by Gasteiger charge is -2.13. The first-order chi connectivity index (χ1) is 12.2. The fraction of sp³-hybridized carbons (Fsp3) is 0.400. The van der Waals surface area contributed by atoms with Gasteiger partial charge in [0.05, 0.1) is 5.69 Å². The molecule has 1 aromatic heterocycles. The van der Waals surface area contributed by atoms with E-state index >= 15 is 0 Å². The molecule has 1 heterocycles. The number of hydrogen-bond acceptors (Lipinski definition) is 3. The number of aromatic nitrogens is 1. The lowest BCUT2D eigenvalue weighted by atomic mass is 10.1. The third kappa shape index (κ3) is 7.25. The zero-order valence-corrected chi connectivity index (χ0v) is 15.3. The average molecular weight is 340 g/mol. The second-order valence-corrected chi connectivity index (χ2v) is 6.29. The Hall–Kier alpha value is -2.56. The minimum Gasteiger partial charge on any atom is -0.487 e. The largest absolute Gasteiger partial charge is 0.487 e. The molecule has 0 aliphatic carbocycles. The van der Waals surface area contributed by atoms with Crippen molar-refractivity contribution < 1.29 is 4.74 Å². The summed E-state index contributed by atoms with van der Waals surface area (Å²) in [5, 5.41) is 6.65. The Labute approximate surface area is 150 Å². The van der Waals surface area contributed by atoms with Crippen LogP contribution in [0.1, 0.15) is 31.5 Å². The first-order valence-corrected chi connectivity index (χ1v) is 8.73. The quantitative estimate of drug-likeness (QED) is 0.571. The summed E-state index contributed by atoms with van der Waals surface area (Å²) < 4.78 is 5.75. The number of rotatable bonds is 8. The molecule has 0 aliphatic rings. The summed E-state index contributed by atoms with van der Waals surface area (Å²) >= 11 is 0. The topological polar surface area (TPSA) is 58.5 Å². The van der Waals surface area contributed by atoms with Crippen LogP contribution in [0.25, 0.3) is 0 Å². The first-order valence-electron chi connectivity index (χ1n) is 8.73. The molecule has 2 rings (SSSR count). The summed E-state index contributed by atoms with van der Waals surface area (Å²) in [6.07, 6.45) is 2.90. The van der Waals surface area contributed by atoms with Crippen LogP contribution in [0.3, 0.4) is 0 Å². The van der Waals surface area contributed by atoms with Crippen LogP contribution in [0.15, 0.2) is 53.7 Å². The molecule has 0 saturated carbocycles. The van der Waals surface area contributed by atoms with E-state index in [4.69, 9.17) is 4.74 Å². The third-order valence-electron chi connectivity index (χ3n) is 3.73. The van der Waals surface area contributed by atoms with E-state index in [0.717, 1.165) is 36.9 Å². The Morgan fingerprint density at radius 2 is 1.92 bits per heavy atom. The van der Waals surface area contributed by atoms with E-state index in [0.29, 0.717) is 12.5 Å². The molecule has 0 unspecified atom stereocenters. The summed E-state index contributed by atoms with van der Waals surface area (Å²) in [5.41, 5.74) is 2.10. The molecular weight excluding hydrogens is 312 g/mol. The number of pyridine rings is 1. The summed E-state index contributed by atoms with van der Waals surface area (Å²) in [5.74, 6) is 2.36. The number of hydrogen-bond donors (Lipinski definition) is 2. The summed E-state index contributed by atoms with van der Waals surface area (Å²) in [7, 11) is 1.79. The predicted molar refractivity (Wildman–Crippen MR) is 103 cm³/mol. The first kappa shape index (κ1) is 18.8. The van der Waals surface area contributed by atoms with E-state index in [1.165, 1.54) is 5.56 Å². The molecule has 5 nitrogen and oxygen atoms in total. The average Bonchev–Trinajstić information content (AvgIpc) is 2.64. The molecule has 25 heavy (non-hydrogen) atoms. The van der Waals surface area contributed by atoms with Gasteiger partial charge >= 0.3 is 0 Å². The second-order valence-electron chi connectivity index (χ2n) is 6.29. The monoisotopic (exact) mass is 340 g/mol. The molecule has 0 radical (unpaired) electrons. The zero-order chi connectivity index (χ0) is 17.9. The zero-order valence-electron chi connectivity index (χ0n) is 15.3. The maximum absolute atomic E-state index is 5.75. The molecule has 0 aliphatic heterocycles. The van der Waals surface area contributed by atoms with Crippen molar-refractivity contribution in [2.45, 2.75) is 33.4 Å². The fourth-order valence-corrected chi connectivity index (χ4v) is 2.23. The summed E-state index contributed by atoms with van der Waals surface area (Å²) in [6, 6.07) is 13.9. The van der Waals surface area contributed by atoms with Gasteiger partial charge in [-0.1, -0.05) is 32.0 Å². The van der Waals surface area contributed by atoms with Crippen LogP contribution in [0.4, 0.5) is 0 Å². The smallest absolute Gasteiger partial charge is 0.191 e. The maximum atomic E-state index is 5.75. The molecule has 2 aromatic rings. The highest BCUT2D eigenvalue weighted by Gasteiger charge is 2.01. The van der Waals surface area contributed by atoms with Crippen LogP contribution in [0.2, 0.25) is 0 Å². The lowest BCUT2D eigenvalue weighted by Crippen LogP contribution is -2.37. The minimum atomic E-state index is 0.477.